The summed E-state index contributed by atoms with van der Waals surface area (Å²) in [7, 11) is 1.65. The highest BCUT2D eigenvalue weighted by Crippen LogP contribution is 2.32. The average molecular weight is 410 g/mol. The SMILES string of the molecule is CN[C@H](Cc1ccccc1)C(=O)N1CCC[C@]1(C(=O)O)C(=O)OCc1ccccc1. The first-order valence-electron chi connectivity index (χ1n) is 9.96. The molecule has 0 radical (unpaired) electrons. The lowest BCUT2D eigenvalue weighted by atomic mass is 9.94. The fourth-order valence-corrected chi connectivity index (χ4v) is 3.83. The molecule has 0 aliphatic carbocycles. The molecule has 7 heteroatoms. The molecule has 1 saturated heterocycles. The summed E-state index contributed by atoms with van der Waals surface area (Å²) < 4.78 is 5.35. The van der Waals surface area contributed by atoms with Gasteiger partial charge in [0.2, 0.25) is 11.4 Å². The van der Waals surface area contributed by atoms with Gasteiger partial charge in [0.05, 0.1) is 6.04 Å². The second-order valence-corrected chi connectivity index (χ2v) is 7.35. The standard InChI is InChI=1S/C23H26N2O5/c1-24-19(15-17-9-4-2-5-10-17)20(26)25-14-8-13-23(25,21(27)28)22(29)30-16-18-11-6-3-7-12-18/h2-7,9-12,19,24H,8,13-16H2,1H3,(H,27,28)/t19-,23+/m1/s1. The van der Waals surface area contributed by atoms with Crippen molar-refractivity contribution in [2.75, 3.05) is 13.6 Å². The fraction of sp³-hybridized carbons (Fsp3) is 0.348. The minimum absolute atomic E-state index is 0.0312. The van der Waals surface area contributed by atoms with Crippen LogP contribution < -0.4 is 5.32 Å². The smallest absolute Gasteiger partial charge is 0.344 e. The Kier molecular flexibility index (Phi) is 6.84. The minimum atomic E-state index is -2.00. The molecule has 158 valence electrons. The number of amides is 1. The van der Waals surface area contributed by atoms with Crippen molar-refractivity contribution in [3.8, 4) is 0 Å². The number of carboxylic acid groups (broad SMARTS) is 1. The van der Waals surface area contributed by atoms with Crippen LogP contribution >= 0.6 is 0 Å². The van der Waals surface area contributed by atoms with Crippen molar-refractivity contribution in [3.05, 3.63) is 71.8 Å². The molecule has 1 fully saturated rings. The number of aliphatic carboxylic acids is 1. The third kappa shape index (κ3) is 4.36. The second kappa shape index (κ2) is 9.54. The van der Waals surface area contributed by atoms with E-state index in [0.29, 0.717) is 12.8 Å². The maximum atomic E-state index is 13.3. The van der Waals surface area contributed by atoms with Crippen LogP contribution in [-0.4, -0.2) is 53.0 Å². The van der Waals surface area contributed by atoms with Gasteiger partial charge in [-0.3, -0.25) is 4.79 Å². The van der Waals surface area contributed by atoms with Crippen LogP contribution in [0.25, 0.3) is 0 Å². The van der Waals surface area contributed by atoms with Gasteiger partial charge in [0, 0.05) is 6.54 Å². The molecule has 0 aromatic heterocycles. The monoisotopic (exact) mass is 410 g/mol. The Morgan fingerprint density at radius 3 is 2.23 bits per heavy atom. The minimum Gasteiger partial charge on any atom is -0.479 e. The van der Waals surface area contributed by atoms with Crippen molar-refractivity contribution in [1.82, 2.24) is 10.2 Å². The van der Waals surface area contributed by atoms with Crippen molar-refractivity contribution in [2.45, 2.75) is 37.5 Å². The van der Waals surface area contributed by atoms with E-state index in [9.17, 15) is 19.5 Å². The lowest BCUT2D eigenvalue weighted by Gasteiger charge is -2.34. The quantitative estimate of drug-likeness (QED) is 0.511. The van der Waals surface area contributed by atoms with Crippen molar-refractivity contribution in [1.29, 1.82) is 0 Å². The summed E-state index contributed by atoms with van der Waals surface area (Å²) >= 11 is 0. The van der Waals surface area contributed by atoms with E-state index in [0.717, 1.165) is 11.1 Å². The van der Waals surface area contributed by atoms with Gasteiger partial charge < -0.3 is 20.1 Å². The van der Waals surface area contributed by atoms with Crippen molar-refractivity contribution >= 4 is 17.8 Å². The van der Waals surface area contributed by atoms with Crippen LogP contribution in [0, 0.1) is 0 Å². The van der Waals surface area contributed by atoms with Gasteiger partial charge in [-0.15, -0.1) is 0 Å². The average Bonchev–Trinajstić information content (AvgIpc) is 3.23. The number of carboxylic acids is 1. The molecule has 1 amide bonds. The molecule has 30 heavy (non-hydrogen) atoms. The Hall–Kier alpha value is -3.19. The zero-order valence-corrected chi connectivity index (χ0v) is 16.9. The van der Waals surface area contributed by atoms with E-state index in [1.807, 2.05) is 48.5 Å². The molecular weight excluding hydrogens is 384 g/mol. The Balaban J connectivity index is 1.80. The van der Waals surface area contributed by atoms with E-state index < -0.39 is 29.4 Å². The summed E-state index contributed by atoms with van der Waals surface area (Å²) in [6.07, 6.45) is 0.838. The number of esters is 1. The van der Waals surface area contributed by atoms with Crippen molar-refractivity contribution in [3.63, 3.8) is 0 Å². The number of hydrogen-bond donors (Lipinski definition) is 2. The number of nitrogens with one attached hydrogen (secondary N) is 1. The predicted molar refractivity (Wildman–Crippen MR) is 111 cm³/mol. The molecule has 2 aromatic carbocycles. The summed E-state index contributed by atoms with van der Waals surface area (Å²) in [6, 6.07) is 17.8. The number of hydrogen-bond acceptors (Lipinski definition) is 5. The molecule has 1 heterocycles. The van der Waals surface area contributed by atoms with E-state index in [1.165, 1.54) is 4.90 Å². The number of rotatable bonds is 8. The molecule has 2 atom stereocenters. The molecule has 0 unspecified atom stereocenters. The van der Waals surface area contributed by atoms with Crippen molar-refractivity contribution < 1.29 is 24.2 Å². The van der Waals surface area contributed by atoms with Gasteiger partial charge in [-0.25, -0.2) is 9.59 Å². The van der Waals surface area contributed by atoms with E-state index in [4.69, 9.17) is 4.74 Å². The molecule has 2 N–H and O–H groups in total. The van der Waals surface area contributed by atoms with E-state index >= 15 is 0 Å². The van der Waals surface area contributed by atoms with Crippen LogP contribution in [0.5, 0.6) is 0 Å². The first-order valence-corrected chi connectivity index (χ1v) is 9.96. The molecule has 1 aliphatic heterocycles. The Morgan fingerprint density at radius 2 is 1.67 bits per heavy atom. The fourth-order valence-electron chi connectivity index (χ4n) is 3.83. The van der Waals surface area contributed by atoms with E-state index in [2.05, 4.69) is 5.32 Å². The topological polar surface area (TPSA) is 95.9 Å². The maximum absolute atomic E-state index is 13.3. The summed E-state index contributed by atoms with van der Waals surface area (Å²) in [5.41, 5.74) is -0.311. The van der Waals surface area contributed by atoms with Crippen LogP contribution in [0.3, 0.4) is 0 Å². The normalized spacial score (nSPS) is 19.3. The third-order valence-corrected chi connectivity index (χ3v) is 5.48. The predicted octanol–water partition coefficient (Wildman–Crippen LogP) is 2.01. The number of carbonyl (C=O) groups excluding carboxylic acids is 2. The summed E-state index contributed by atoms with van der Waals surface area (Å²) in [4.78, 5) is 39.6. The van der Waals surface area contributed by atoms with Crippen LogP contribution in [0.1, 0.15) is 24.0 Å². The number of likely N-dealkylation sites (tertiary alicyclic amines) is 1. The first-order chi connectivity index (χ1) is 14.5. The summed E-state index contributed by atoms with van der Waals surface area (Å²) in [6.45, 7) is 0.148. The second-order valence-electron chi connectivity index (χ2n) is 7.35. The Labute approximate surface area is 175 Å². The number of nitrogens with zero attached hydrogens (tertiary/aromatic N) is 1. The van der Waals surface area contributed by atoms with E-state index in [-0.39, 0.29) is 19.6 Å². The summed E-state index contributed by atoms with van der Waals surface area (Å²) in [5.74, 6) is -2.68. The number of benzene rings is 2. The largest absolute Gasteiger partial charge is 0.479 e. The number of carbonyl (C=O) groups is 3. The van der Waals surface area contributed by atoms with Crippen molar-refractivity contribution in [2.24, 2.45) is 0 Å². The number of likely N-dealkylation sites (N-methyl/N-ethyl adjacent to an activating group) is 1. The molecule has 1 aliphatic rings. The molecule has 0 spiro atoms. The third-order valence-electron chi connectivity index (χ3n) is 5.48. The van der Waals surface area contributed by atoms with E-state index in [1.54, 1.807) is 19.2 Å². The molecular formula is C23H26N2O5. The highest BCUT2D eigenvalue weighted by atomic mass is 16.5. The Bertz CT molecular complexity index is 887. The molecule has 7 nitrogen and oxygen atoms in total. The lowest BCUT2D eigenvalue weighted by Crippen LogP contribution is -2.62. The zero-order chi connectivity index (χ0) is 21.6. The number of ether oxygens (including phenoxy) is 1. The van der Waals surface area contributed by atoms with Gasteiger partial charge in [-0.05, 0) is 37.4 Å². The Morgan fingerprint density at radius 1 is 1.07 bits per heavy atom. The van der Waals surface area contributed by atoms with Gasteiger partial charge >= 0.3 is 11.9 Å². The molecule has 3 rings (SSSR count). The lowest BCUT2D eigenvalue weighted by molar-refractivity contribution is -0.175. The van der Waals surface area contributed by atoms with Crippen LogP contribution in [0.2, 0.25) is 0 Å². The summed E-state index contributed by atoms with van der Waals surface area (Å²) in [5, 5.41) is 12.9. The molecule has 0 bridgehead atoms. The maximum Gasteiger partial charge on any atom is 0.344 e. The van der Waals surface area contributed by atoms with Gasteiger partial charge in [0.15, 0.2) is 0 Å². The molecule has 2 aromatic rings. The first kappa shape index (κ1) is 21.5. The van der Waals surface area contributed by atoms with Crippen LogP contribution in [0.4, 0.5) is 0 Å². The highest BCUT2D eigenvalue weighted by Gasteiger charge is 2.58. The van der Waals surface area contributed by atoms with Gasteiger partial charge in [0.1, 0.15) is 6.61 Å². The zero-order valence-electron chi connectivity index (χ0n) is 16.9. The van der Waals surface area contributed by atoms with Gasteiger partial charge in [-0.1, -0.05) is 60.7 Å². The highest BCUT2D eigenvalue weighted by molar-refractivity contribution is 6.08. The van der Waals surface area contributed by atoms with Gasteiger partial charge in [0.25, 0.3) is 0 Å². The van der Waals surface area contributed by atoms with Crippen LogP contribution in [0.15, 0.2) is 60.7 Å². The van der Waals surface area contributed by atoms with Gasteiger partial charge in [-0.2, -0.15) is 0 Å². The molecule has 0 saturated carbocycles. The van der Waals surface area contributed by atoms with Crippen LogP contribution in [-0.2, 0) is 32.1 Å².